The van der Waals surface area contributed by atoms with Crippen molar-refractivity contribution in [2.45, 2.75) is 19.3 Å². The van der Waals surface area contributed by atoms with Gasteiger partial charge in [0.2, 0.25) is 0 Å². The molecule has 3 atom stereocenters. The van der Waals surface area contributed by atoms with Crippen LogP contribution >= 0.6 is 22.6 Å². The van der Waals surface area contributed by atoms with Gasteiger partial charge in [0, 0.05) is 0 Å². The summed E-state index contributed by atoms with van der Waals surface area (Å²) >= 11 is 2.14. The summed E-state index contributed by atoms with van der Waals surface area (Å²) in [6.07, 6.45) is 1.17. The van der Waals surface area contributed by atoms with E-state index in [1.807, 2.05) is 0 Å². The minimum absolute atomic E-state index is 0.0438. The topological polar surface area (TPSA) is 121 Å². The first-order chi connectivity index (χ1) is 12.7. The number of hydrogen-bond acceptors (Lipinski definition) is 5. The number of halogens is 1. The zero-order valence-corrected chi connectivity index (χ0v) is 16.4. The van der Waals surface area contributed by atoms with Crippen LogP contribution in [0.25, 0.3) is 5.76 Å². The number of phenolic OH excluding ortho intramolecular Hbond substituents is 1. The SMILES string of the molecule is [B]=C1C(C(N)=O)=C(O)CC2CC3Cc4c(I)ccc(O)c4C(O)=C3C(=O)C12. The molecule has 1 radical (unpaired) electrons. The summed E-state index contributed by atoms with van der Waals surface area (Å²) in [5, 5.41) is 31.2. The number of carbonyl (C=O) groups excluding carboxylic acids is 2. The number of Topliss-reactive ketones (excluding diaryl/α,β-unsaturated/α-hetero) is 1. The van der Waals surface area contributed by atoms with Gasteiger partial charge in [0.1, 0.15) is 0 Å². The van der Waals surface area contributed by atoms with Gasteiger partial charge < -0.3 is 0 Å². The van der Waals surface area contributed by atoms with E-state index in [0.717, 1.165) is 9.13 Å². The third-order valence-electron chi connectivity index (χ3n) is 5.81. The fourth-order valence-corrected chi connectivity index (χ4v) is 5.38. The summed E-state index contributed by atoms with van der Waals surface area (Å²) in [5.41, 5.74) is 6.38. The van der Waals surface area contributed by atoms with Crippen LogP contribution in [0.15, 0.2) is 29.0 Å². The molecule has 1 amide bonds. The average Bonchev–Trinajstić information content (AvgIpc) is 2.57. The summed E-state index contributed by atoms with van der Waals surface area (Å²) in [5.74, 6) is -3.07. The number of carbonyl (C=O) groups is 2. The van der Waals surface area contributed by atoms with Gasteiger partial charge in [-0.3, -0.25) is 0 Å². The number of fused-ring (bicyclic) bond motifs is 3. The number of aromatic hydroxyl groups is 1. The molecule has 8 heteroatoms. The molecule has 0 aliphatic heterocycles. The van der Waals surface area contributed by atoms with Gasteiger partial charge in [-0.15, -0.1) is 0 Å². The van der Waals surface area contributed by atoms with E-state index >= 15 is 0 Å². The number of benzene rings is 1. The van der Waals surface area contributed by atoms with E-state index in [2.05, 4.69) is 22.6 Å². The summed E-state index contributed by atoms with van der Waals surface area (Å²) in [7, 11) is 6.05. The van der Waals surface area contributed by atoms with Crippen LogP contribution in [0.2, 0.25) is 0 Å². The van der Waals surface area contributed by atoms with E-state index in [1.54, 1.807) is 6.07 Å². The third kappa shape index (κ3) is 2.56. The quantitative estimate of drug-likeness (QED) is 0.364. The minimum atomic E-state index is -0.877. The molecule has 3 aliphatic rings. The predicted molar refractivity (Wildman–Crippen MR) is 108 cm³/mol. The van der Waals surface area contributed by atoms with Crippen LogP contribution in [0.5, 0.6) is 5.75 Å². The normalized spacial score (nSPS) is 27.2. The zero-order valence-electron chi connectivity index (χ0n) is 14.2. The molecule has 4 rings (SSSR count). The molecule has 0 aromatic heterocycles. The molecule has 0 heterocycles. The van der Waals surface area contributed by atoms with Crippen molar-refractivity contribution in [1.29, 1.82) is 0 Å². The number of aliphatic hydroxyl groups is 2. The molecule has 137 valence electrons. The van der Waals surface area contributed by atoms with Crippen molar-refractivity contribution >= 4 is 53.0 Å². The first kappa shape index (κ1) is 18.3. The van der Waals surface area contributed by atoms with Crippen LogP contribution in [0, 0.1) is 21.3 Å². The second kappa shape index (κ2) is 6.22. The molecular formula is C19H16BINO5. The van der Waals surface area contributed by atoms with Crippen LogP contribution in [-0.4, -0.2) is 40.0 Å². The van der Waals surface area contributed by atoms with Gasteiger partial charge in [-0.1, -0.05) is 0 Å². The van der Waals surface area contributed by atoms with E-state index in [4.69, 9.17) is 13.2 Å². The number of phenols is 1. The maximum atomic E-state index is 13.2. The Morgan fingerprint density at radius 1 is 1.22 bits per heavy atom. The second-order valence-electron chi connectivity index (χ2n) is 7.27. The molecule has 5 N–H and O–H groups in total. The fraction of sp³-hybridized carbons (Fsp3) is 0.316. The first-order valence-electron chi connectivity index (χ1n) is 8.55. The molecule has 1 fully saturated rings. The summed E-state index contributed by atoms with van der Waals surface area (Å²) in [6, 6.07) is 3.25. The Kier molecular flexibility index (Phi) is 4.21. The summed E-state index contributed by atoms with van der Waals surface area (Å²) < 4.78 is 0.897. The fourth-order valence-electron chi connectivity index (χ4n) is 4.71. The predicted octanol–water partition coefficient (Wildman–Crippen LogP) is 1.69. The number of allylic oxidation sites excluding steroid dienone is 2. The van der Waals surface area contributed by atoms with Crippen molar-refractivity contribution < 1.29 is 24.9 Å². The number of amides is 1. The number of primary amides is 1. The molecule has 0 saturated heterocycles. The molecule has 3 unspecified atom stereocenters. The molecule has 0 bridgehead atoms. The van der Waals surface area contributed by atoms with Crippen molar-refractivity contribution in [3.05, 3.63) is 43.7 Å². The summed E-state index contributed by atoms with van der Waals surface area (Å²) in [6.45, 7) is 0. The van der Waals surface area contributed by atoms with E-state index in [0.29, 0.717) is 12.8 Å². The van der Waals surface area contributed by atoms with Crippen molar-refractivity contribution in [2.24, 2.45) is 23.5 Å². The number of aliphatic hydroxyl groups excluding tert-OH is 2. The van der Waals surface area contributed by atoms with Gasteiger partial charge in [0.25, 0.3) is 0 Å². The molecular weight excluding hydrogens is 460 g/mol. The molecule has 1 saturated carbocycles. The molecule has 6 nitrogen and oxygen atoms in total. The van der Waals surface area contributed by atoms with E-state index < -0.39 is 11.8 Å². The monoisotopic (exact) mass is 476 g/mol. The third-order valence-corrected chi connectivity index (χ3v) is 6.82. The standard InChI is InChI=1S/C19H16BINO5/c20-16-12-7(5-11(24)15(16)19(22)27)3-6-4-8-9(21)1-2-10(23)14(8)18(26)13(6)17(12)25/h1-2,6-7,12,23-24,26H,3-5H2,(H2,22,27). The van der Waals surface area contributed by atoms with Crippen molar-refractivity contribution in [1.82, 2.24) is 0 Å². The van der Waals surface area contributed by atoms with Crippen LogP contribution in [-0.2, 0) is 16.0 Å². The first-order valence-corrected chi connectivity index (χ1v) is 9.62. The van der Waals surface area contributed by atoms with Gasteiger partial charge in [-0.2, -0.15) is 0 Å². The van der Waals surface area contributed by atoms with Crippen LogP contribution in [0.1, 0.15) is 24.0 Å². The molecule has 0 spiro atoms. The molecule has 27 heavy (non-hydrogen) atoms. The second-order valence-corrected chi connectivity index (χ2v) is 8.43. The van der Waals surface area contributed by atoms with Gasteiger partial charge in [-0.25, -0.2) is 0 Å². The van der Waals surface area contributed by atoms with Gasteiger partial charge >= 0.3 is 170 Å². The zero-order chi connectivity index (χ0) is 19.6. The Bertz CT molecular complexity index is 996. The molecule has 1 aromatic rings. The Morgan fingerprint density at radius 2 is 1.93 bits per heavy atom. The van der Waals surface area contributed by atoms with Crippen LogP contribution in [0.4, 0.5) is 0 Å². The summed E-state index contributed by atoms with van der Waals surface area (Å²) in [4.78, 5) is 24.9. The van der Waals surface area contributed by atoms with Crippen molar-refractivity contribution in [2.75, 3.05) is 0 Å². The Morgan fingerprint density at radius 3 is 2.59 bits per heavy atom. The number of ketones is 1. The van der Waals surface area contributed by atoms with E-state index in [-0.39, 0.29) is 63.5 Å². The van der Waals surface area contributed by atoms with Gasteiger partial charge in [0.05, 0.1) is 0 Å². The van der Waals surface area contributed by atoms with Gasteiger partial charge in [-0.05, 0) is 0 Å². The Hall–Kier alpha value is -2.10. The van der Waals surface area contributed by atoms with Crippen LogP contribution < -0.4 is 5.73 Å². The van der Waals surface area contributed by atoms with Crippen molar-refractivity contribution in [3.63, 3.8) is 0 Å². The molecule has 1 aromatic carbocycles. The maximum absolute atomic E-state index is 13.2. The number of hydrogen-bond donors (Lipinski definition) is 4. The van der Waals surface area contributed by atoms with Crippen molar-refractivity contribution in [3.8, 4) is 5.75 Å². The Labute approximate surface area is 170 Å². The number of nitrogens with two attached hydrogens (primary N) is 1. The Balaban J connectivity index is 1.86. The van der Waals surface area contributed by atoms with E-state index in [9.17, 15) is 24.9 Å². The number of rotatable bonds is 1. The molecule has 3 aliphatic carbocycles. The average molecular weight is 476 g/mol. The van der Waals surface area contributed by atoms with Gasteiger partial charge in [0.15, 0.2) is 0 Å². The van der Waals surface area contributed by atoms with Crippen LogP contribution in [0.3, 0.4) is 0 Å². The van der Waals surface area contributed by atoms with E-state index in [1.165, 1.54) is 6.07 Å².